The van der Waals surface area contributed by atoms with Crippen molar-refractivity contribution in [3.05, 3.63) is 24.0 Å². The molecule has 1 amide bonds. The Bertz CT molecular complexity index is 435. The van der Waals surface area contributed by atoms with E-state index < -0.39 is 0 Å². The Morgan fingerprint density at radius 2 is 2.37 bits per heavy atom. The van der Waals surface area contributed by atoms with Crippen LogP contribution in [-0.2, 0) is 0 Å². The highest BCUT2D eigenvalue weighted by atomic mass is 16.1. The summed E-state index contributed by atoms with van der Waals surface area (Å²) in [6, 6.07) is 2.20. The molecule has 1 atom stereocenters. The number of likely N-dealkylation sites (tertiary alicyclic amines) is 1. The molecule has 1 aromatic heterocycles. The fraction of sp³-hybridized carbons (Fsp3) is 0.571. The molecular formula is C14H22N4O. The van der Waals surface area contributed by atoms with E-state index in [9.17, 15) is 4.79 Å². The summed E-state index contributed by atoms with van der Waals surface area (Å²) in [5.74, 6) is -0.0364. The lowest BCUT2D eigenvalue weighted by Crippen LogP contribution is -2.44. The topological polar surface area (TPSA) is 57.3 Å². The first-order valence-electron chi connectivity index (χ1n) is 6.82. The van der Waals surface area contributed by atoms with Gasteiger partial charge in [0.15, 0.2) is 0 Å². The second-order valence-electron chi connectivity index (χ2n) is 5.01. The van der Waals surface area contributed by atoms with Crippen LogP contribution in [0.4, 0.5) is 5.69 Å². The highest BCUT2D eigenvalue weighted by molar-refractivity contribution is 5.99. The zero-order valence-corrected chi connectivity index (χ0v) is 11.6. The van der Waals surface area contributed by atoms with Crippen LogP contribution in [0.15, 0.2) is 18.5 Å². The molecule has 104 valence electrons. The van der Waals surface area contributed by atoms with Crippen molar-refractivity contribution < 1.29 is 4.79 Å². The maximum atomic E-state index is 12.2. The molecule has 5 heteroatoms. The lowest BCUT2D eigenvalue weighted by molar-refractivity contribution is 0.0929. The number of rotatable bonds is 4. The number of aromatic nitrogens is 1. The van der Waals surface area contributed by atoms with Crippen molar-refractivity contribution in [3.63, 3.8) is 0 Å². The maximum Gasteiger partial charge on any atom is 0.253 e. The predicted octanol–water partition coefficient (Wildman–Crippen LogP) is 1.34. The van der Waals surface area contributed by atoms with Gasteiger partial charge in [0.25, 0.3) is 5.91 Å². The van der Waals surface area contributed by atoms with Gasteiger partial charge >= 0.3 is 0 Å². The molecule has 0 spiro atoms. The van der Waals surface area contributed by atoms with Crippen molar-refractivity contribution in [1.82, 2.24) is 15.2 Å². The van der Waals surface area contributed by atoms with Gasteiger partial charge in [-0.25, -0.2) is 0 Å². The fourth-order valence-electron chi connectivity index (χ4n) is 2.50. The summed E-state index contributed by atoms with van der Waals surface area (Å²) in [4.78, 5) is 18.5. The Morgan fingerprint density at radius 3 is 3.11 bits per heavy atom. The lowest BCUT2D eigenvalue weighted by atomic mass is 10.0. The summed E-state index contributed by atoms with van der Waals surface area (Å²) in [5, 5.41) is 6.01. The smallest absolute Gasteiger partial charge is 0.253 e. The quantitative estimate of drug-likeness (QED) is 0.859. The van der Waals surface area contributed by atoms with Crippen molar-refractivity contribution in [2.24, 2.45) is 0 Å². The van der Waals surface area contributed by atoms with Crippen LogP contribution in [0, 0.1) is 0 Å². The minimum absolute atomic E-state index is 0.0364. The molecule has 1 saturated heterocycles. The average molecular weight is 262 g/mol. The molecule has 0 radical (unpaired) electrons. The van der Waals surface area contributed by atoms with Crippen LogP contribution in [0.5, 0.6) is 0 Å². The molecule has 2 rings (SSSR count). The molecule has 2 heterocycles. The molecule has 1 aliphatic rings. The first-order chi connectivity index (χ1) is 9.22. The van der Waals surface area contributed by atoms with E-state index in [1.54, 1.807) is 25.5 Å². The summed E-state index contributed by atoms with van der Waals surface area (Å²) in [5.41, 5.74) is 1.41. The first-order valence-corrected chi connectivity index (χ1v) is 6.82. The summed E-state index contributed by atoms with van der Waals surface area (Å²) >= 11 is 0. The monoisotopic (exact) mass is 262 g/mol. The van der Waals surface area contributed by atoms with Crippen LogP contribution in [0.25, 0.3) is 0 Å². The van der Waals surface area contributed by atoms with Crippen LogP contribution in [-0.4, -0.2) is 49.0 Å². The highest BCUT2D eigenvalue weighted by Gasteiger charge is 2.20. The fourth-order valence-corrected chi connectivity index (χ4v) is 2.50. The summed E-state index contributed by atoms with van der Waals surface area (Å²) in [7, 11) is 3.92. The number of nitrogens with zero attached hydrogens (tertiary/aromatic N) is 2. The highest BCUT2D eigenvalue weighted by Crippen LogP contribution is 2.15. The van der Waals surface area contributed by atoms with E-state index in [1.807, 2.05) is 0 Å². The molecule has 0 bridgehead atoms. The van der Waals surface area contributed by atoms with Crippen LogP contribution >= 0.6 is 0 Å². The third-order valence-corrected chi connectivity index (χ3v) is 3.75. The number of hydrogen-bond acceptors (Lipinski definition) is 4. The molecule has 5 nitrogen and oxygen atoms in total. The van der Waals surface area contributed by atoms with Crippen LogP contribution in [0.1, 0.15) is 29.6 Å². The third kappa shape index (κ3) is 3.44. The number of carbonyl (C=O) groups excluding carboxylic acids is 1. The normalized spacial score (nSPS) is 20.0. The number of piperidine rings is 1. The molecule has 1 aliphatic heterocycles. The standard InChI is InChI=1S/C14H22N4O/c1-15-13-10-16-7-6-12(13)14(19)17-9-11-5-3-4-8-18(11)2/h6-7,10-11,15H,3-5,8-9H2,1-2H3,(H,17,19). The Hall–Kier alpha value is -1.62. The van der Waals surface area contributed by atoms with E-state index >= 15 is 0 Å². The van der Waals surface area contributed by atoms with Gasteiger partial charge in [-0.3, -0.25) is 9.78 Å². The van der Waals surface area contributed by atoms with Crippen molar-refractivity contribution in [2.75, 3.05) is 32.5 Å². The van der Waals surface area contributed by atoms with Crippen molar-refractivity contribution in [3.8, 4) is 0 Å². The molecule has 0 aromatic carbocycles. The van der Waals surface area contributed by atoms with Gasteiger partial charge in [0, 0.05) is 25.8 Å². The second-order valence-corrected chi connectivity index (χ2v) is 5.01. The van der Waals surface area contributed by atoms with Crippen molar-refractivity contribution in [1.29, 1.82) is 0 Å². The van der Waals surface area contributed by atoms with Gasteiger partial charge in [0.2, 0.25) is 0 Å². The number of amides is 1. The Morgan fingerprint density at radius 1 is 1.53 bits per heavy atom. The Labute approximate surface area is 114 Å². The van der Waals surface area contributed by atoms with E-state index in [4.69, 9.17) is 0 Å². The van der Waals surface area contributed by atoms with E-state index in [1.165, 1.54) is 12.8 Å². The summed E-state index contributed by atoms with van der Waals surface area (Å²) in [6.45, 7) is 1.83. The second kappa shape index (κ2) is 6.52. The lowest BCUT2D eigenvalue weighted by Gasteiger charge is -2.32. The van der Waals surface area contributed by atoms with Gasteiger partial charge in [-0.1, -0.05) is 6.42 Å². The van der Waals surface area contributed by atoms with Gasteiger partial charge in [0.05, 0.1) is 17.4 Å². The predicted molar refractivity (Wildman–Crippen MR) is 76.4 cm³/mol. The van der Waals surface area contributed by atoms with Gasteiger partial charge in [-0.2, -0.15) is 0 Å². The molecule has 2 N–H and O–H groups in total. The molecular weight excluding hydrogens is 240 g/mol. The number of hydrogen-bond donors (Lipinski definition) is 2. The largest absolute Gasteiger partial charge is 0.386 e. The first kappa shape index (κ1) is 13.8. The van der Waals surface area contributed by atoms with Crippen LogP contribution in [0.3, 0.4) is 0 Å². The van der Waals surface area contributed by atoms with Crippen molar-refractivity contribution >= 4 is 11.6 Å². The van der Waals surface area contributed by atoms with Gasteiger partial charge in [-0.05, 0) is 32.5 Å². The number of likely N-dealkylation sites (N-methyl/N-ethyl adjacent to an activating group) is 1. The number of pyridine rings is 1. The summed E-state index contributed by atoms with van der Waals surface area (Å²) in [6.07, 6.45) is 6.98. The summed E-state index contributed by atoms with van der Waals surface area (Å²) < 4.78 is 0. The van der Waals surface area contributed by atoms with Gasteiger partial charge < -0.3 is 15.5 Å². The molecule has 1 aromatic rings. The number of nitrogens with one attached hydrogen (secondary N) is 2. The van der Waals surface area contributed by atoms with E-state index in [-0.39, 0.29) is 5.91 Å². The average Bonchev–Trinajstić information content (AvgIpc) is 2.46. The molecule has 1 unspecified atom stereocenters. The maximum absolute atomic E-state index is 12.2. The van der Waals surface area contributed by atoms with Gasteiger partial charge in [-0.15, -0.1) is 0 Å². The minimum atomic E-state index is -0.0364. The molecule has 0 saturated carbocycles. The molecule has 0 aliphatic carbocycles. The zero-order valence-electron chi connectivity index (χ0n) is 11.6. The molecule has 19 heavy (non-hydrogen) atoms. The third-order valence-electron chi connectivity index (χ3n) is 3.75. The Kier molecular flexibility index (Phi) is 4.74. The SMILES string of the molecule is CNc1cnccc1C(=O)NCC1CCCCN1C. The Balaban J connectivity index is 1.93. The van der Waals surface area contributed by atoms with Crippen LogP contribution in [0.2, 0.25) is 0 Å². The zero-order chi connectivity index (χ0) is 13.7. The molecule has 1 fully saturated rings. The van der Waals surface area contributed by atoms with E-state index in [0.717, 1.165) is 18.7 Å². The van der Waals surface area contributed by atoms with Gasteiger partial charge in [0.1, 0.15) is 0 Å². The minimum Gasteiger partial charge on any atom is -0.386 e. The van der Waals surface area contributed by atoms with E-state index in [0.29, 0.717) is 18.2 Å². The number of anilines is 1. The number of carbonyl (C=O) groups is 1. The van der Waals surface area contributed by atoms with Crippen molar-refractivity contribution in [2.45, 2.75) is 25.3 Å². The van der Waals surface area contributed by atoms with Crippen LogP contribution < -0.4 is 10.6 Å². The van der Waals surface area contributed by atoms with E-state index in [2.05, 4.69) is 27.6 Å².